The van der Waals surface area contributed by atoms with E-state index in [0.717, 1.165) is 24.3 Å². The van der Waals surface area contributed by atoms with E-state index in [-0.39, 0.29) is 12.4 Å². The number of benzene rings is 1. The molecule has 1 aliphatic rings. The first-order valence-corrected chi connectivity index (χ1v) is 7.19. The molecule has 0 saturated heterocycles. The molecule has 2 nitrogen and oxygen atoms in total. The van der Waals surface area contributed by atoms with Gasteiger partial charge in [-0.05, 0) is 36.5 Å². The fourth-order valence-corrected chi connectivity index (χ4v) is 2.64. The van der Waals surface area contributed by atoms with Crippen molar-refractivity contribution in [2.45, 2.75) is 45.3 Å². The molecule has 20 heavy (non-hydrogen) atoms. The molecule has 0 aromatic heterocycles. The summed E-state index contributed by atoms with van der Waals surface area (Å²) in [5.74, 6) is 5.46. The minimum atomic E-state index is -0.360. The molecule has 108 valence electrons. The van der Waals surface area contributed by atoms with E-state index < -0.39 is 0 Å². The van der Waals surface area contributed by atoms with Crippen molar-refractivity contribution in [3.05, 3.63) is 35.1 Å². The Hall–Kier alpha value is -1.37. The van der Waals surface area contributed by atoms with Crippen molar-refractivity contribution in [2.75, 3.05) is 6.61 Å². The Morgan fingerprint density at radius 1 is 1.40 bits per heavy atom. The molecule has 0 amide bonds. The maximum atomic E-state index is 13.5. The first-order valence-electron chi connectivity index (χ1n) is 7.19. The molecule has 0 radical (unpaired) electrons. The van der Waals surface area contributed by atoms with E-state index in [2.05, 4.69) is 18.8 Å². The van der Waals surface area contributed by atoms with E-state index in [1.807, 2.05) is 0 Å². The maximum Gasteiger partial charge on any atom is 0.138 e. The molecule has 0 heterocycles. The van der Waals surface area contributed by atoms with Gasteiger partial charge >= 0.3 is 0 Å². The molecule has 0 aliphatic heterocycles. The highest BCUT2D eigenvalue weighted by atomic mass is 19.1. The highest BCUT2D eigenvalue weighted by molar-refractivity contribution is 5.38. The van der Waals surface area contributed by atoms with Gasteiger partial charge in [0.25, 0.3) is 0 Å². The van der Waals surface area contributed by atoms with Gasteiger partial charge in [0.15, 0.2) is 0 Å². The number of aliphatic hydroxyl groups excluding tert-OH is 1. The highest BCUT2D eigenvalue weighted by Gasteiger charge is 2.19. The molecule has 1 aromatic carbocycles. The third kappa shape index (κ3) is 4.33. The largest absolute Gasteiger partial charge is 0.384 e. The van der Waals surface area contributed by atoms with Gasteiger partial charge in [-0.1, -0.05) is 37.7 Å². The first kappa shape index (κ1) is 15.0. The van der Waals surface area contributed by atoms with Crippen LogP contribution in [-0.2, 0) is 11.3 Å². The minimum absolute atomic E-state index is 0.264. The first-order chi connectivity index (χ1) is 9.69. The Morgan fingerprint density at radius 2 is 2.25 bits per heavy atom. The predicted molar refractivity (Wildman–Crippen MR) is 76.6 cm³/mol. The summed E-state index contributed by atoms with van der Waals surface area (Å²) in [6.07, 6.45) is 5.05. The van der Waals surface area contributed by atoms with Crippen LogP contribution >= 0.6 is 0 Å². The van der Waals surface area contributed by atoms with Crippen molar-refractivity contribution in [3.63, 3.8) is 0 Å². The molecule has 1 aliphatic carbocycles. The topological polar surface area (TPSA) is 29.5 Å². The van der Waals surface area contributed by atoms with Crippen LogP contribution in [0, 0.1) is 23.6 Å². The summed E-state index contributed by atoms with van der Waals surface area (Å²) in [5.41, 5.74) is 1.24. The predicted octanol–water partition coefficient (Wildman–Crippen LogP) is 3.26. The van der Waals surface area contributed by atoms with Gasteiger partial charge < -0.3 is 9.84 Å². The van der Waals surface area contributed by atoms with E-state index >= 15 is 0 Å². The van der Waals surface area contributed by atoms with Crippen LogP contribution in [-0.4, -0.2) is 17.8 Å². The van der Waals surface area contributed by atoms with Gasteiger partial charge in [0, 0.05) is 0 Å². The molecule has 2 rings (SSSR count). The third-order valence-electron chi connectivity index (χ3n) is 3.71. The lowest BCUT2D eigenvalue weighted by Crippen LogP contribution is -2.21. The van der Waals surface area contributed by atoms with E-state index in [1.54, 1.807) is 12.1 Å². The molecule has 1 aromatic rings. The summed E-state index contributed by atoms with van der Waals surface area (Å²) < 4.78 is 19.4. The Kier molecular flexibility index (Phi) is 5.58. The Morgan fingerprint density at radius 3 is 3.00 bits per heavy atom. The molecule has 1 N–H and O–H groups in total. The second kappa shape index (κ2) is 7.42. The van der Waals surface area contributed by atoms with Gasteiger partial charge in [0.2, 0.25) is 0 Å². The second-order valence-electron chi connectivity index (χ2n) is 5.48. The van der Waals surface area contributed by atoms with Gasteiger partial charge in [-0.15, -0.1) is 0 Å². The summed E-state index contributed by atoms with van der Waals surface area (Å²) >= 11 is 0. The second-order valence-corrected chi connectivity index (χ2v) is 5.48. The van der Waals surface area contributed by atoms with Crippen molar-refractivity contribution >= 4 is 0 Å². The zero-order valence-electron chi connectivity index (χ0n) is 11.9. The summed E-state index contributed by atoms with van der Waals surface area (Å²) in [6.45, 7) is 2.49. The normalized spacial score (nSPS) is 22.1. The van der Waals surface area contributed by atoms with Crippen LogP contribution in [0.5, 0.6) is 0 Å². The third-order valence-corrected chi connectivity index (χ3v) is 3.71. The monoisotopic (exact) mass is 276 g/mol. The standard InChI is InChI=1S/C17H21FO2/c1-13-4-2-6-16(10-13)20-12-14-7-8-17(18)15(11-14)5-3-9-19/h7-8,11,13,16,19H,2,4,6,9-10,12H2,1H3. The van der Waals surface area contributed by atoms with Gasteiger partial charge in [0.05, 0.1) is 18.3 Å². The smallest absolute Gasteiger partial charge is 0.138 e. The lowest BCUT2D eigenvalue weighted by molar-refractivity contribution is 0.00464. The summed E-state index contributed by atoms with van der Waals surface area (Å²) in [7, 11) is 0. The lowest BCUT2D eigenvalue weighted by atomic mass is 9.89. The van der Waals surface area contributed by atoms with Crippen LogP contribution in [0.3, 0.4) is 0 Å². The van der Waals surface area contributed by atoms with Crippen LogP contribution in [0.4, 0.5) is 4.39 Å². The van der Waals surface area contributed by atoms with Gasteiger partial charge in [0.1, 0.15) is 12.4 Å². The molecule has 0 spiro atoms. The van der Waals surface area contributed by atoms with Crippen LogP contribution in [0.2, 0.25) is 0 Å². The van der Waals surface area contributed by atoms with Crippen molar-refractivity contribution in [2.24, 2.45) is 5.92 Å². The highest BCUT2D eigenvalue weighted by Crippen LogP contribution is 2.26. The number of halogens is 1. The van der Waals surface area contributed by atoms with Crippen LogP contribution in [0.1, 0.15) is 43.7 Å². The molecule has 2 atom stereocenters. The minimum Gasteiger partial charge on any atom is -0.384 e. The van der Waals surface area contributed by atoms with E-state index in [9.17, 15) is 4.39 Å². The Bertz CT molecular complexity index is 501. The number of ether oxygens (including phenoxy) is 1. The number of aliphatic hydroxyl groups is 1. The van der Waals surface area contributed by atoms with Gasteiger partial charge in [-0.2, -0.15) is 0 Å². The van der Waals surface area contributed by atoms with Crippen molar-refractivity contribution < 1.29 is 14.2 Å². The Labute approximate surface area is 120 Å². The average molecular weight is 276 g/mol. The quantitative estimate of drug-likeness (QED) is 0.859. The number of hydrogen-bond donors (Lipinski definition) is 1. The fourth-order valence-electron chi connectivity index (χ4n) is 2.64. The van der Waals surface area contributed by atoms with Crippen molar-refractivity contribution in [3.8, 4) is 11.8 Å². The Balaban J connectivity index is 1.95. The maximum absolute atomic E-state index is 13.5. The molecule has 1 saturated carbocycles. The van der Waals surface area contributed by atoms with Crippen LogP contribution in [0.15, 0.2) is 18.2 Å². The summed E-state index contributed by atoms with van der Waals surface area (Å²) in [4.78, 5) is 0. The van der Waals surface area contributed by atoms with Crippen molar-refractivity contribution in [1.29, 1.82) is 0 Å². The SMILES string of the molecule is CC1CCCC(OCc2ccc(F)c(C#CCO)c2)C1. The zero-order valence-corrected chi connectivity index (χ0v) is 11.9. The zero-order chi connectivity index (χ0) is 14.4. The van der Waals surface area contributed by atoms with Crippen LogP contribution < -0.4 is 0 Å². The molecular formula is C17H21FO2. The van der Waals surface area contributed by atoms with Crippen LogP contribution in [0.25, 0.3) is 0 Å². The van der Waals surface area contributed by atoms with E-state index in [0.29, 0.717) is 18.3 Å². The fraction of sp³-hybridized carbons (Fsp3) is 0.529. The lowest BCUT2D eigenvalue weighted by Gasteiger charge is -2.26. The molecule has 0 bridgehead atoms. The average Bonchev–Trinajstić information content (AvgIpc) is 2.45. The summed E-state index contributed by atoms with van der Waals surface area (Å²) in [5, 5.41) is 8.67. The van der Waals surface area contributed by atoms with Gasteiger partial charge in [-0.3, -0.25) is 0 Å². The van der Waals surface area contributed by atoms with Crippen molar-refractivity contribution in [1.82, 2.24) is 0 Å². The number of rotatable bonds is 3. The molecule has 1 fully saturated rings. The molecule has 2 unspecified atom stereocenters. The van der Waals surface area contributed by atoms with E-state index in [4.69, 9.17) is 9.84 Å². The van der Waals surface area contributed by atoms with Gasteiger partial charge in [-0.25, -0.2) is 4.39 Å². The number of hydrogen-bond acceptors (Lipinski definition) is 2. The molecule has 3 heteroatoms. The molecular weight excluding hydrogens is 255 g/mol. The van der Waals surface area contributed by atoms with E-state index in [1.165, 1.54) is 18.9 Å². The summed E-state index contributed by atoms with van der Waals surface area (Å²) in [6, 6.07) is 4.83.